The van der Waals surface area contributed by atoms with Crippen LogP contribution in [0.5, 0.6) is 11.6 Å². The molecule has 2 aromatic carbocycles. The number of rotatable bonds is 5. The second kappa shape index (κ2) is 8.93. The summed E-state index contributed by atoms with van der Waals surface area (Å²) in [4.78, 5) is 19.1. The molecule has 160 valence electrons. The maximum Gasteiger partial charge on any atom is 0.247 e. The van der Waals surface area contributed by atoms with E-state index in [9.17, 15) is 4.79 Å². The average Bonchev–Trinajstić information content (AvgIpc) is 2.91. The number of carbonyl (C=O) groups is 1. The first-order valence-electron chi connectivity index (χ1n) is 10.1. The lowest BCUT2D eigenvalue weighted by Gasteiger charge is -2.30. The number of anilines is 1. The van der Waals surface area contributed by atoms with E-state index in [0.29, 0.717) is 34.1 Å². The van der Waals surface area contributed by atoms with E-state index < -0.39 is 6.23 Å². The SMILES string of the molecule is COc1ccccc1[C@@H]1Oc2nc(SCC(C)C)nnc2-c2ccccc2N1C(C)=O. The Kier molecular flexibility index (Phi) is 6.08. The van der Waals surface area contributed by atoms with Crippen LogP contribution >= 0.6 is 11.8 Å². The van der Waals surface area contributed by atoms with Gasteiger partial charge in [0.2, 0.25) is 23.2 Å². The molecule has 1 aromatic heterocycles. The Labute approximate surface area is 185 Å². The monoisotopic (exact) mass is 436 g/mol. The number of amides is 1. The van der Waals surface area contributed by atoms with Crippen molar-refractivity contribution in [2.45, 2.75) is 32.2 Å². The number of ether oxygens (including phenoxy) is 2. The number of thioether (sulfide) groups is 1. The summed E-state index contributed by atoms with van der Waals surface area (Å²) >= 11 is 1.53. The van der Waals surface area contributed by atoms with Crippen LogP contribution in [-0.4, -0.2) is 34.0 Å². The summed E-state index contributed by atoms with van der Waals surface area (Å²) in [5, 5.41) is 9.28. The van der Waals surface area contributed by atoms with E-state index in [0.717, 1.165) is 16.9 Å². The van der Waals surface area contributed by atoms with Crippen LogP contribution in [-0.2, 0) is 4.79 Å². The van der Waals surface area contributed by atoms with Crippen molar-refractivity contribution in [1.82, 2.24) is 15.2 Å². The van der Waals surface area contributed by atoms with Crippen molar-refractivity contribution in [3.63, 3.8) is 0 Å². The van der Waals surface area contributed by atoms with E-state index in [1.807, 2.05) is 48.5 Å². The average molecular weight is 437 g/mol. The number of methoxy groups -OCH3 is 1. The van der Waals surface area contributed by atoms with Gasteiger partial charge < -0.3 is 9.47 Å². The van der Waals surface area contributed by atoms with Crippen LogP contribution in [0.25, 0.3) is 11.3 Å². The Morgan fingerprint density at radius 1 is 1.16 bits per heavy atom. The van der Waals surface area contributed by atoms with Gasteiger partial charge in [-0.3, -0.25) is 9.69 Å². The Morgan fingerprint density at radius 2 is 1.90 bits per heavy atom. The third-order valence-electron chi connectivity index (χ3n) is 4.80. The van der Waals surface area contributed by atoms with Crippen molar-refractivity contribution in [2.75, 3.05) is 17.8 Å². The first-order valence-corrected chi connectivity index (χ1v) is 11.0. The molecular formula is C23H24N4O3S. The summed E-state index contributed by atoms with van der Waals surface area (Å²) in [5.41, 5.74) is 2.65. The third kappa shape index (κ3) is 4.20. The minimum absolute atomic E-state index is 0.168. The Morgan fingerprint density at radius 3 is 2.65 bits per heavy atom. The summed E-state index contributed by atoms with van der Waals surface area (Å²) in [6, 6.07) is 15.0. The molecule has 0 bridgehead atoms. The van der Waals surface area contributed by atoms with Gasteiger partial charge in [-0.25, -0.2) is 0 Å². The molecule has 0 radical (unpaired) electrons. The van der Waals surface area contributed by atoms with Crippen molar-refractivity contribution in [2.24, 2.45) is 5.92 Å². The summed E-state index contributed by atoms with van der Waals surface area (Å²) in [5.74, 6) is 2.15. The predicted molar refractivity (Wildman–Crippen MR) is 120 cm³/mol. The molecule has 1 aliphatic rings. The van der Waals surface area contributed by atoms with Crippen molar-refractivity contribution in [3.8, 4) is 22.9 Å². The molecule has 0 fully saturated rings. The molecule has 4 rings (SSSR count). The number of nitrogens with zero attached hydrogens (tertiary/aromatic N) is 4. The van der Waals surface area contributed by atoms with Crippen molar-refractivity contribution >= 4 is 23.4 Å². The van der Waals surface area contributed by atoms with Crippen LogP contribution in [0.4, 0.5) is 5.69 Å². The maximum absolute atomic E-state index is 12.8. The first-order chi connectivity index (χ1) is 15.0. The number of hydrogen-bond acceptors (Lipinski definition) is 7. The van der Waals surface area contributed by atoms with E-state index >= 15 is 0 Å². The van der Waals surface area contributed by atoms with Crippen molar-refractivity contribution in [3.05, 3.63) is 54.1 Å². The highest BCUT2D eigenvalue weighted by molar-refractivity contribution is 7.99. The number of fused-ring (bicyclic) bond motifs is 3. The van der Waals surface area contributed by atoms with Gasteiger partial charge in [0.1, 0.15) is 5.75 Å². The quantitative estimate of drug-likeness (QED) is 0.535. The maximum atomic E-state index is 12.8. The van der Waals surface area contributed by atoms with E-state index in [4.69, 9.17) is 9.47 Å². The zero-order valence-corrected chi connectivity index (χ0v) is 18.7. The van der Waals surface area contributed by atoms with Crippen LogP contribution in [0.3, 0.4) is 0 Å². The van der Waals surface area contributed by atoms with Gasteiger partial charge in [-0.2, -0.15) is 4.98 Å². The highest BCUT2D eigenvalue weighted by atomic mass is 32.2. The molecule has 3 aromatic rings. The molecule has 31 heavy (non-hydrogen) atoms. The Hall–Kier alpha value is -3.13. The van der Waals surface area contributed by atoms with Gasteiger partial charge in [0.25, 0.3) is 0 Å². The standard InChI is InChI=1S/C23H24N4O3S/c1-14(2)13-31-23-24-21-20(25-26-23)16-9-5-7-11-18(16)27(15(3)28)22(30-21)17-10-6-8-12-19(17)29-4/h5-12,14,22H,13H2,1-4H3/t22-/m0/s1. The van der Waals surface area contributed by atoms with E-state index in [-0.39, 0.29) is 5.91 Å². The summed E-state index contributed by atoms with van der Waals surface area (Å²) in [6.45, 7) is 5.79. The lowest BCUT2D eigenvalue weighted by atomic mass is 10.1. The predicted octanol–water partition coefficient (Wildman–Crippen LogP) is 4.74. The van der Waals surface area contributed by atoms with Gasteiger partial charge in [0.05, 0.1) is 18.4 Å². The Balaban J connectivity index is 1.90. The zero-order chi connectivity index (χ0) is 22.0. The smallest absolute Gasteiger partial charge is 0.247 e. The molecule has 8 heteroatoms. The van der Waals surface area contributed by atoms with Crippen LogP contribution < -0.4 is 14.4 Å². The minimum Gasteiger partial charge on any atom is -0.496 e. The van der Waals surface area contributed by atoms with Gasteiger partial charge in [-0.05, 0) is 24.1 Å². The van der Waals surface area contributed by atoms with Crippen LogP contribution in [0.2, 0.25) is 0 Å². The number of para-hydroxylation sites is 2. The Bertz CT molecular complexity index is 1110. The van der Waals surface area contributed by atoms with Gasteiger partial charge in [0, 0.05) is 18.2 Å². The molecule has 0 N–H and O–H groups in total. The van der Waals surface area contributed by atoms with E-state index in [1.54, 1.807) is 12.0 Å². The van der Waals surface area contributed by atoms with Crippen LogP contribution in [0.15, 0.2) is 53.7 Å². The van der Waals surface area contributed by atoms with Crippen molar-refractivity contribution in [1.29, 1.82) is 0 Å². The molecule has 1 atom stereocenters. The molecular weight excluding hydrogens is 412 g/mol. The topological polar surface area (TPSA) is 77.4 Å². The number of carbonyl (C=O) groups excluding carboxylic acids is 1. The second-order valence-electron chi connectivity index (χ2n) is 7.57. The minimum atomic E-state index is -0.768. The lowest BCUT2D eigenvalue weighted by molar-refractivity contribution is -0.118. The molecule has 0 aliphatic carbocycles. The van der Waals surface area contributed by atoms with Gasteiger partial charge in [-0.1, -0.05) is 55.9 Å². The van der Waals surface area contributed by atoms with Crippen LogP contribution in [0, 0.1) is 5.92 Å². The lowest BCUT2D eigenvalue weighted by Crippen LogP contribution is -2.36. The molecule has 0 saturated carbocycles. The summed E-state index contributed by atoms with van der Waals surface area (Å²) in [6.07, 6.45) is -0.768. The normalized spacial score (nSPS) is 15.0. The molecule has 0 unspecified atom stereocenters. The fourth-order valence-corrected chi connectivity index (χ4v) is 4.16. The molecule has 7 nitrogen and oxygen atoms in total. The number of hydrogen-bond donors (Lipinski definition) is 0. The number of benzene rings is 2. The van der Waals surface area contributed by atoms with Crippen molar-refractivity contribution < 1.29 is 14.3 Å². The zero-order valence-electron chi connectivity index (χ0n) is 17.9. The van der Waals surface area contributed by atoms with Crippen LogP contribution in [0.1, 0.15) is 32.6 Å². The molecule has 1 amide bonds. The summed E-state index contributed by atoms with van der Waals surface area (Å²) < 4.78 is 11.9. The van der Waals surface area contributed by atoms with Gasteiger partial charge in [-0.15, -0.1) is 10.2 Å². The highest BCUT2D eigenvalue weighted by Crippen LogP contribution is 2.44. The second-order valence-corrected chi connectivity index (χ2v) is 8.56. The third-order valence-corrected chi connectivity index (χ3v) is 6.07. The molecule has 0 saturated heterocycles. The summed E-state index contributed by atoms with van der Waals surface area (Å²) in [7, 11) is 1.60. The molecule has 0 spiro atoms. The number of aromatic nitrogens is 3. The fourth-order valence-electron chi connectivity index (χ4n) is 3.43. The fraction of sp³-hybridized carbons (Fsp3) is 0.304. The highest BCUT2D eigenvalue weighted by Gasteiger charge is 2.35. The first kappa shape index (κ1) is 21.1. The largest absolute Gasteiger partial charge is 0.496 e. The van der Waals surface area contributed by atoms with Gasteiger partial charge in [0.15, 0.2) is 5.69 Å². The van der Waals surface area contributed by atoms with E-state index in [2.05, 4.69) is 29.0 Å². The van der Waals surface area contributed by atoms with E-state index in [1.165, 1.54) is 18.7 Å². The van der Waals surface area contributed by atoms with Gasteiger partial charge >= 0.3 is 0 Å². The molecule has 2 heterocycles. The molecule has 1 aliphatic heterocycles.